The molecule has 0 bridgehead atoms. The molecule has 2 N–H and O–H groups in total. The van der Waals surface area contributed by atoms with Crippen molar-refractivity contribution < 1.29 is 55.3 Å². The van der Waals surface area contributed by atoms with Gasteiger partial charge in [-0.05, 0) is 18.1 Å². The van der Waals surface area contributed by atoms with Gasteiger partial charge in [-0.1, -0.05) is 6.92 Å². The van der Waals surface area contributed by atoms with Crippen molar-refractivity contribution in [3.8, 4) is 0 Å². The van der Waals surface area contributed by atoms with Crippen molar-refractivity contribution in [1.29, 1.82) is 0 Å². The van der Waals surface area contributed by atoms with Crippen LogP contribution in [0.2, 0.25) is 0 Å². The van der Waals surface area contributed by atoms with E-state index in [1.165, 1.54) is 5.01 Å². The first kappa shape index (κ1) is 31.5. The van der Waals surface area contributed by atoms with Crippen molar-refractivity contribution in [3.63, 3.8) is 0 Å². The van der Waals surface area contributed by atoms with E-state index in [1.54, 1.807) is 17.6 Å². The molecule has 1 spiro atoms. The Morgan fingerprint density at radius 3 is 2.21 bits per heavy atom. The molecule has 4 rings (SSSR count). The van der Waals surface area contributed by atoms with E-state index >= 15 is 0 Å². The summed E-state index contributed by atoms with van der Waals surface area (Å²) < 4.78 is 75.0. The van der Waals surface area contributed by atoms with Crippen LogP contribution >= 0.6 is 11.3 Å². The van der Waals surface area contributed by atoms with Gasteiger partial charge < -0.3 is 19.4 Å². The third-order valence-electron chi connectivity index (χ3n) is 5.88. The Morgan fingerprint density at radius 1 is 1.11 bits per heavy atom. The molecule has 4 heterocycles. The molecule has 2 aliphatic rings. The number of aromatic nitrogens is 1. The van der Waals surface area contributed by atoms with Crippen molar-refractivity contribution in [3.05, 3.63) is 40.7 Å². The monoisotopic (exact) mass is 575 g/mol. The maximum atomic E-state index is 10.6. The van der Waals surface area contributed by atoms with E-state index in [2.05, 4.69) is 33.2 Å². The molecular weight excluding hydrogens is 548 g/mol. The largest absolute Gasteiger partial charge is 0.490 e. The summed E-state index contributed by atoms with van der Waals surface area (Å²) in [6.07, 6.45) is -6.51. The van der Waals surface area contributed by atoms with Crippen LogP contribution in [0.4, 0.5) is 26.3 Å². The second kappa shape index (κ2) is 13.4. The van der Waals surface area contributed by atoms with E-state index in [0.717, 1.165) is 58.2 Å². The summed E-state index contributed by atoms with van der Waals surface area (Å²) in [7, 11) is 0. The summed E-state index contributed by atoms with van der Waals surface area (Å²) in [6.45, 7) is 10.1. The average Bonchev–Trinajstić information content (AvgIpc) is 3.52. The fourth-order valence-corrected chi connectivity index (χ4v) is 4.74. The molecule has 2 aromatic rings. The first-order valence-corrected chi connectivity index (χ1v) is 12.0. The Hall–Kier alpha value is -2.69. The van der Waals surface area contributed by atoms with Gasteiger partial charge in [0.25, 0.3) is 0 Å². The minimum atomic E-state index is -5.08. The van der Waals surface area contributed by atoms with Gasteiger partial charge in [0.05, 0.1) is 32.6 Å². The van der Waals surface area contributed by atoms with E-state index in [-0.39, 0.29) is 5.41 Å². The average molecular weight is 576 g/mol. The van der Waals surface area contributed by atoms with Gasteiger partial charge in [-0.3, -0.25) is 9.80 Å². The summed E-state index contributed by atoms with van der Waals surface area (Å²) in [5, 5.41) is 17.5. The maximum Gasteiger partial charge on any atom is 0.490 e. The highest BCUT2D eigenvalue weighted by Gasteiger charge is 2.46. The van der Waals surface area contributed by atoms with Gasteiger partial charge in [-0.2, -0.15) is 26.3 Å². The molecule has 2 aliphatic heterocycles. The molecule has 0 radical (unpaired) electrons. The van der Waals surface area contributed by atoms with Crippen molar-refractivity contribution in [2.75, 3.05) is 39.4 Å². The van der Waals surface area contributed by atoms with Gasteiger partial charge in [-0.15, -0.1) is 11.3 Å². The fraction of sp³-hybridized carbons (Fsp3) is 0.591. The molecule has 2 fully saturated rings. The van der Waals surface area contributed by atoms with Gasteiger partial charge in [0, 0.05) is 43.2 Å². The maximum absolute atomic E-state index is 10.6. The number of thiazole rings is 1. The highest BCUT2D eigenvalue weighted by atomic mass is 32.1. The molecule has 0 aromatic carbocycles. The highest BCUT2D eigenvalue weighted by Crippen LogP contribution is 2.39. The standard InChI is InChI=1S/C18H25N3O2S.2C2HF3O2/c1-15-9-21(10-16-3-2-6-23-16)13-18(15)12-20(5-7-22-14-18)11-17-19-4-8-24-17;2*3-2(4,5)1(6)7/h2-4,6,8,15H,5,7,9-14H2,1H3;2*(H,6,7)/t15-,18-;;/m0../s1. The van der Waals surface area contributed by atoms with E-state index in [9.17, 15) is 26.3 Å². The summed E-state index contributed by atoms with van der Waals surface area (Å²) in [5.74, 6) is -3.85. The first-order chi connectivity index (χ1) is 17.6. The lowest BCUT2D eigenvalue weighted by atomic mass is 9.79. The summed E-state index contributed by atoms with van der Waals surface area (Å²) >= 11 is 1.74. The van der Waals surface area contributed by atoms with E-state index in [4.69, 9.17) is 29.0 Å². The first-order valence-electron chi connectivity index (χ1n) is 11.2. The Labute approximate surface area is 217 Å². The Morgan fingerprint density at radius 2 is 1.71 bits per heavy atom. The number of hydrogen-bond acceptors (Lipinski definition) is 8. The number of carboxylic acid groups (broad SMARTS) is 2. The van der Waals surface area contributed by atoms with Gasteiger partial charge in [0.1, 0.15) is 10.8 Å². The van der Waals surface area contributed by atoms with Crippen molar-refractivity contribution >= 4 is 23.3 Å². The zero-order valence-corrected chi connectivity index (χ0v) is 21.0. The molecular formula is C22H27F6N3O6S. The number of hydrogen-bond donors (Lipinski definition) is 2. The molecule has 16 heteroatoms. The molecule has 2 saturated heterocycles. The summed E-state index contributed by atoms with van der Waals surface area (Å²) in [5.41, 5.74) is 0.209. The second-order valence-corrected chi connectivity index (χ2v) is 9.79. The van der Waals surface area contributed by atoms with Crippen LogP contribution in [0.1, 0.15) is 17.7 Å². The fourth-order valence-electron chi connectivity index (χ4n) is 4.08. The number of likely N-dealkylation sites (tertiary alicyclic amines) is 1. The topological polar surface area (TPSA) is 116 Å². The zero-order chi connectivity index (χ0) is 28.6. The van der Waals surface area contributed by atoms with Gasteiger partial charge in [0.15, 0.2) is 0 Å². The van der Waals surface area contributed by atoms with Crippen LogP contribution in [-0.2, 0) is 27.4 Å². The number of carboxylic acids is 2. The smallest absolute Gasteiger partial charge is 0.475 e. The number of carbonyl (C=O) groups is 2. The number of furan rings is 1. The molecule has 9 nitrogen and oxygen atoms in total. The van der Waals surface area contributed by atoms with E-state index in [1.807, 2.05) is 12.3 Å². The van der Waals surface area contributed by atoms with Gasteiger partial charge in [-0.25, -0.2) is 14.6 Å². The van der Waals surface area contributed by atoms with Crippen LogP contribution in [0.3, 0.4) is 0 Å². The summed E-state index contributed by atoms with van der Waals surface area (Å²) in [6, 6.07) is 4.03. The normalized spacial score (nSPS) is 22.7. The van der Waals surface area contributed by atoms with Crippen LogP contribution in [0, 0.1) is 11.3 Å². The molecule has 0 amide bonds. The number of nitrogens with zero attached hydrogens (tertiary/aromatic N) is 3. The number of halogens is 6. The molecule has 214 valence electrons. The minimum absolute atomic E-state index is 0.209. The molecule has 38 heavy (non-hydrogen) atoms. The second-order valence-electron chi connectivity index (χ2n) is 8.81. The van der Waals surface area contributed by atoms with Crippen molar-refractivity contribution in [2.45, 2.75) is 32.4 Å². The molecule has 0 aliphatic carbocycles. The van der Waals surface area contributed by atoms with Gasteiger partial charge >= 0.3 is 24.3 Å². The zero-order valence-electron chi connectivity index (χ0n) is 20.2. The summed E-state index contributed by atoms with van der Waals surface area (Å²) in [4.78, 5) is 27.3. The Kier molecular flexibility index (Phi) is 11.1. The number of rotatable bonds is 4. The Bertz CT molecular complexity index is 978. The third kappa shape index (κ3) is 9.89. The highest BCUT2D eigenvalue weighted by molar-refractivity contribution is 7.09. The quantitative estimate of drug-likeness (QED) is 0.523. The number of aliphatic carboxylic acids is 2. The number of alkyl halides is 6. The molecule has 0 unspecified atom stereocenters. The predicted molar refractivity (Wildman–Crippen MR) is 121 cm³/mol. The Balaban J connectivity index is 0.000000301. The van der Waals surface area contributed by atoms with Gasteiger partial charge in [0.2, 0.25) is 0 Å². The van der Waals surface area contributed by atoms with E-state index in [0.29, 0.717) is 5.92 Å². The van der Waals surface area contributed by atoms with Crippen LogP contribution in [0.25, 0.3) is 0 Å². The lowest BCUT2D eigenvalue weighted by molar-refractivity contribution is -0.193. The SMILES string of the molecule is C[C@H]1CN(Cc2ccco2)C[C@@]12COCCN(Cc1nccs1)C2.O=C(O)C(F)(F)F.O=C(O)C(F)(F)F. The van der Waals surface area contributed by atoms with Crippen molar-refractivity contribution in [2.24, 2.45) is 11.3 Å². The molecule has 2 atom stereocenters. The third-order valence-corrected chi connectivity index (χ3v) is 6.65. The van der Waals surface area contributed by atoms with E-state index < -0.39 is 24.3 Å². The lowest BCUT2D eigenvalue weighted by Crippen LogP contribution is -2.43. The predicted octanol–water partition coefficient (Wildman–Crippen LogP) is 3.97. The lowest BCUT2D eigenvalue weighted by Gasteiger charge is -2.34. The van der Waals surface area contributed by atoms with Crippen LogP contribution < -0.4 is 0 Å². The molecule has 2 aromatic heterocycles. The van der Waals surface area contributed by atoms with Crippen LogP contribution in [0.15, 0.2) is 34.4 Å². The minimum Gasteiger partial charge on any atom is -0.475 e. The molecule has 0 saturated carbocycles. The van der Waals surface area contributed by atoms with Crippen molar-refractivity contribution in [1.82, 2.24) is 14.8 Å². The van der Waals surface area contributed by atoms with Crippen LogP contribution in [0.5, 0.6) is 0 Å². The van der Waals surface area contributed by atoms with Crippen LogP contribution in [-0.4, -0.2) is 88.7 Å². The number of ether oxygens (including phenoxy) is 1.